The van der Waals surface area contributed by atoms with Crippen molar-refractivity contribution in [3.05, 3.63) is 99.7 Å². The summed E-state index contributed by atoms with van der Waals surface area (Å²) in [6.45, 7) is 5.95. The number of rotatable bonds is 5. The van der Waals surface area contributed by atoms with Crippen LogP contribution >= 0.6 is 11.3 Å². The van der Waals surface area contributed by atoms with Crippen molar-refractivity contribution < 1.29 is 8.83 Å². The molecule has 3 heterocycles. The molecule has 0 atom stereocenters. The van der Waals surface area contributed by atoms with Gasteiger partial charge < -0.3 is 13.7 Å². The number of anilines is 1. The predicted molar refractivity (Wildman–Crippen MR) is 148 cm³/mol. The van der Waals surface area contributed by atoms with Crippen molar-refractivity contribution in [2.45, 2.75) is 13.8 Å². The molecule has 0 bridgehead atoms. The van der Waals surface area contributed by atoms with E-state index in [4.69, 9.17) is 8.83 Å². The topological polar surface area (TPSA) is 63.7 Å². The molecule has 0 aliphatic rings. The lowest BCUT2D eigenvalue weighted by Crippen LogP contribution is -2.21. The van der Waals surface area contributed by atoms with Gasteiger partial charge in [0.15, 0.2) is 0 Å². The lowest BCUT2D eigenvalue weighted by Gasteiger charge is -2.20. The average Bonchev–Trinajstić information content (AvgIpc) is 3.37. The molecule has 36 heavy (non-hydrogen) atoms. The van der Waals surface area contributed by atoms with Gasteiger partial charge in [-0.15, -0.1) is 11.3 Å². The summed E-state index contributed by atoms with van der Waals surface area (Å²) in [4.78, 5) is 29.4. The van der Waals surface area contributed by atoms with Crippen LogP contribution in [0.5, 0.6) is 0 Å². The molecule has 3 aromatic heterocycles. The first kappa shape index (κ1) is 22.3. The fraction of sp³-hybridized carbons (Fsp3) is 0.133. The standard InChI is InChI=1S/C30H23NO4S/c1-3-31(4-2)22-10-9-20-14-23(29(32)35-26(20)17-22)27-11-12-28(36-27)24-15-21-13-18-7-5-6-8-19(18)16-25(21)34-30(24)33/h5-17H,3-4H2,1-2H3. The van der Waals surface area contributed by atoms with Crippen molar-refractivity contribution in [1.82, 2.24) is 0 Å². The normalized spacial score (nSPS) is 11.5. The number of hydrogen-bond donors (Lipinski definition) is 0. The number of fused-ring (bicyclic) bond motifs is 3. The van der Waals surface area contributed by atoms with Crippen LogP contribution in [0, 0.1) is 0 Å². The third kappa shape index (κ3) is 3.80. The number of hydrogen-bond acceptors (Lipinski definition) is 6. The van der Waals surface area contributed by atoms with Gasteiger partial charge in [0.2, 0.25) is 0 Å². The molecule has 6 rings (SSSR count). The van der Waals surface area contributed by atoms with Crippen LogP contribution in [-0.2, 0) is 0 Å². The van der Waals surface area contributed by atoms with Crippen LogP contribution in [0.1, 0.15) is 13.8 Å². The maximum Gasteiger partial charge on any atom is 0.345 e. The molecular formula is C30H23NO4S. The molecule has 0 N–H and O–H groups in total. The molecule has 0 aliphatic carbocycles. The van der Waals surface area contributed by atoms with Gasteiger partial charge in [0.1, 0.15) is 11.2 Å². The summed E-state index contributed by atoms with van der Waals surface area (Å²) in [6.07, 6.45) is 0. The molecule has 0 radical (unpaired) electrons. The molecule has 6 aromatic rings. The molecule has 6 heteroatoms. The van der Waals surface area contributed by atoms with E-state index in [1.807, 2.05) is 78.9 Å². The first-order valence-corrected chi connectivity index (χ1v) is 12.8. The Morgan fingerprint density at radius 3 is 1.86 bits per heavy atom. The summed E-state index contributed by atoms with van der Waals surface area (Å²) in [5.74, 6) is 0. The second kappa shape index (κ2) is 8.81. The molecule has 3 aromatic carbocycles. The molecule has 5 nitrogen and oxygen atoms in total. The summed E-state index contributed by atoms with van der Waals surface area (Å²) in [7, 11) is 0. The maximum atomic E-state index is 12.9. The molecule has 0 amide bonds. The summed E-state index contributed by atoms with van der Waals surface area (Å²) in [5.41, 5.74) is 2.29. The molecular weight excluding hydrogens is 470 g/mol. The highest BCUT2D eigenvalue weighted by molar-refractivity contribution is 7.18. The van der Waals surface area contributed by atoms with E-state index in [0.717, 1.165) is 50.1 Å². The van der Waals surface area contributed by atoms with Gasteiger partial charge in [-0.25, -0.2) is 9.59 Å². The third-order valence-electron chi connectivity index (χ3n) is 6.59. The van der Waals surface area contributed by atoms with E-state index >= 15 is 0 Å². The number of thiophene rings is 1. The molecule has 0 fully saturated rings. The van der Waals surface area contributed by atoms with Gasteiger partial charge in [0.05, 0.1) is 11.1 Å². The van der Waals surface area contributed by atoms with Gasteiger partial charge in [0.25, 0.3) is 0 Å². The summed E-state index contributed by atoms with van der Waals surface area (Å²) < 4.78 is 11.4. The summed E-state index contributed by atoms with van der Waals surface area (Å²) >= 11 is 1.38. The van der Waals surface area contributed by atoms with Crippen molar-refractivity contribution in [3.63, 3.8) is 0 Å². The Hall–Kier alpha value is -4.16. The van der Waals surface area contributed by atoms with E-state index in [-0.39, 0.29) is 0 Å². The zero-order valence-electron chi connectivity index (χ0n) is 19.9. The molecule has 0 spiro atoms. The highest BCUT2D eigenvalue weighted by atomic mass is 32.1. The van der Waals surface area contributed by atoms with Crippen molar-refractivity contribution in [1.29, 1.82) is 0 Å². The fourth-order valence-corrected chi connectivity index (χ4v) is 5.68. The summed E-state index contributed by atoms with van der Waals surface area (Å²) in [6, 6.07) is 25.3. The van der Waals surface area contributed by atoms with Crippen molar-refractivity contribution in [3.8, 4) is 20.9 Å². The van der Waals surface area contributed by atoms with Crippen LogP contribution in [0.4, 0.5) is 5.69 Å². The zero-order chi connectivity index (χ0) is 24.8. The van der Waals surface area contributed by atoms with Gasteiger partial charge in [-0.05, 0) is 73.2 Å². The van der Waals surface area contributed by atoms with Gasteiger partial charge >= 0.3 is 11.3 Å². The van der Waals surface area contributed by atoms with Crippen LogP contribution in [0.3, 0.4) is 0 Å². The second-order valence-electron chi connectivity index (χ2n) is 8.69. The van der Waals surface area contributed by atoms with E-state index in [0.29, 0.717) is 22.3 Å². The number of nitrogens with zero attached hydrogens (tertiary/aromatic N) is 1. The highest BCUT2D eigenvalue weighted by Crippen LogP contribution is 2.35. The lowest BCUT2D eigenvalue weighted by atomic mass is 10.1. The predicted octanol–water partition coefficient (Wildman–Crippen LogP) is 7.29. The van der Waals surface area contributed by atoms with Crippen LogP contribution < -0.4 is 16.2 Å². The zero-order valence-corrected chi connectivity index (χ0v) is 20.7. The number of benzene rings is 3. The molecule has 178 valence electrons. The van der Waals surface area contributed by atoms with Gasteiger partial charge in [-0.3, -0.25) is 0 Å². The quantitative estimate of drug-likeness (QED) is 0.186. The SMILES string of the molecule is CCN(CC)c1ccc2cc(-c3ccc(-c4cc5cc6ccccc6cc5oc4=O)s3)c(=O)oc2c1. The minimum absolute atomic E-state index is 0.399. The van der Waals surface area contributed by atoms with Crippen LogP contribution in [-0.4, -0.2) is 13.1 Å². The first-order valence-electron chi connectivity index (χ1n) is 11.9. The average molecular weight is 494 g/mol. The van der Waals surface area contributed by atoms with E-state index < -0.39 is 11.3 Å². The van der Waals surface area contributed by atoms with Crippen molar-refractivity contribution in [2.24, 2.45) is 0 Å². The highest BCUT2D eigenvalue weighted by Gasteiger charge is 2.15. The molecule has 0 unspecified atom stereocenters. The minimum atomic E-state index is -0.402. The largest absolute Gasteiger partial charge is 0.422 e. The van der Waals surface area contributed by atoms with Gasteiger partial charge in [-0.1, -0.05) is 24.3 Å². The van der Waals surface area contributed by atoms with E-state index in [1.165, 1.54) is 11.3 Å². The Labute approximate surface area is 210 Å². The van der Waals surface area contributed by atoms with E-state index in [1.54, 1.807) is 0 Å². The Morgan fingerprint density at radius 2 is 1.22 bits per heavy atom. The fourth-order valence-electron chi connectivity index (χ4n) is 4.66. The lowest BCUT2D eigenvalue weighted by molar-refractivity contribution is 0.563. The van der Waals surface area contributed by atoms with Crippen LogP contribution in [0.15, 0.2) is 97.3 Å². The maximum absolute atomic E-state index is 12.9. The minimum Gasteiger partial charge on any atom is -0.422 e. The molecule has 0 aliphatic heterocycles. The molecule has 0 saturated heterocycles. The Kier molecular flexibility index (Phi) is 5.46. The van der Waals surface area contributed by atoms with Crippen molar-refractivity contribution >= 4 is 49.7 Å². The smallest absolute Gasteiger partial charge is 0.345 e. The van der Waals surface area contributed by atoms with Crippen LogP contribution in [0.25, 0.3) is 53.6 Å². The monoisotopic (exact) mass is 493 g/mol. The second-order valence-corrected chi connectivity index (χ2v) is 9.77. The first-order chi connectivity index (χ1) is 17.5. The van der Waals surface area contributed by atoms with Crippen LogP contribution in [0.2, 0.25) is 0 Å². The summed E-state index contributed by atoms with van der Waals surface area (Å²) in [5, 5.41) is 3.81. The Morgan fingerprint density at radius 1 is 0.639 bits per heavy atom. The van der Waals surface area contributed by atoms with Crippen molar-refractivity contribution in [2.75, 3.05) is 18.0 Å². The Balaban J connectivity index is 1.41. The van der Waals surface area contributed by atoms with Gasteiger partial charge in [-0.2, -0.15) is 0 Å². The third-order valence-corrected chi connectivity index (χ3v) is 7.74. The Bertz CT molecular complexity index is 1870. The van der Waals surface area contributed by atoms with E-state index in [2.05, 4.69) is 18.7 Å². The van der Waals surface area contributed by atoms with Gasteiger partial charge in [0, 0.05) is 45.4 Å². The molecule has 0 saturated carbocycles. The van der Waals surface area contributed by atoms with E-state index in [9.17, 15) is 9.59 Å².